The predicted octanol–water partition coefficient (Wildman–Crippen LogP) is 1.94. The van der Waals surface area contributed by atoms with Crippen LogP contribution in [0.5, 0.6) is 0 Å². The molecule has 2 aliphatic heterocycles. The van der Waals surface area contributed by atoms with Crippen LogP contribution in [0.4, 0.5) is 13.2 Å². The lowest BCUT2D eigenvalue weighted by Crippen LogP contribution is -2.46. The third-order valence-electron chi connectivity index (χ3n) is 4.68. The van der Waals surface area contributed by atoms with Crippen LogP contribution < -0.4 is 5.32 Å². The predicted molar refractivity (Wildman–Crippen MR) is 73.7 cm³/mol. The molecule has 2 fully saturated rings. The molecule has 2 heterocycles. The molecule has 3 atom stereocenters. The highest BCUT2D eigenvalue weighted by molar-refractivity contribution is 4.84. The molecule has 0 saturated carbocycles. The second-order valence-corrected chi connectivity index (χ2v) is 6.46. The van der Waals surface area contributed by atoms with Crippen LogP contribution in [0.1, 0.15) is 26.2 Å². The summed E-state index contributed by atoms with van der Waals surface area (Å²) in [5.74, 6) is 0.368. The fraction of sp³-hybridized carbons (Fsp3) is 1.00. The van der Waals surface area contributed by atoms with E-state index in [0.29, 0.717) is 31.1 Å². The number of piperidine rings is 1. The van der Waals surface area contributed by atoms with Crippen molar-refractivity contribution in [3.05, 3.63) is 0 Å². The molecule has 2 saturated heterocycles. The Bertz CT molecular complexity index is 309. The van der Waals surface area contributed by atoms with E-state index in [-0.39, 0.29) is 0 Å². The highest BCUT2D eigenvalue weighted by Gasteiger charge is 2.34. The molecule has 0 aromatic carbocycles. The van der Waals surface area contributed by atoms with E-state index in [1.54, 1.807) is 0 Å². The second-order valence-electron chi connectivity index (χ2n) is 6.46. The van der Waals surface area contributed by atoms with Gasteiger partial charge in [0, 0.05) is 18.6 Å². The number of hydrogen-bond acceptors (Lipinski definition) is 3. The zero-order valence-corrected chi connectivity index (χ0v) is 12.4. The Labute approximate surface area is 119 Å². The summed E-state index contributed by atoms with van der Waals surface area (Å²) in [6, 6.07) is 1.12. The number of hydrogen-bond donors (Lipinski definition) is 1. The summed E-state index contributed by atoms with van der Waals surface area (Å²) in [6.07, 6.45) is -0.910. The van der Waals surface area contributed by atoms with Gasteiger partial charge in [-0.3, -0.25) is 4.90 Å². The SMILES string of the molecule is CC1CC(NCC2CCN(CC(F)(F)F)C2)CCN1C. The van der Waals surface area contributed by atoms with E-state index < -0.39 is 12.7 Å². The largest absolute Gasteiger partial charge is 0.401 e. The van der Waals surface area contributed by atoms with Crippen LogP contribution in [0, 0.1) is 5.92 Å². The summed E-state index contributed by atoms with van der Waals surface area (Å²) in [7, 11) is 2.15. The molecule has 1 N–H and O–H groups in total. The molecule has 2 aliphatic rings. The summed E-state index contributed by atoms with van der Waals surface area (Å²) in [4.78, 5) is 3.89. The molecule has 0 spiro atoms. The first-order chi connectivity index (χ1) is 9.33. The maximum absolute atomic E-state index is 12.3. The number of rotatable bonds is 4. The van der Waals surface area contributed by atoms with Gasteiger partial charge in [0.2, 0.25) is 0 Å². The number of likely N-dealkylation sites (tertiary alicyclic amines) is 2. The van der Waals surface area contributed by atoms with Crippen LogP contribution in [0.3, 0.4) is 0 Å². The Balaban J connectivity index is 1.66. The average molecular weight is 293 g/mol. The first-order valence-corrected chi connectivity index (χ1v) is 7.56. The third-order valence-corrected chi connectivity index (χ3v) is 4.68. The second kappa shape index (κ2) is 6.62. The van der Waals surface area contributed by atoms with Crippen molar-refractivity contribution in [3.63, 3.8) is 0 Å². The molecule has 118 valence electrons. The quantitative estimate of drug-likeness (QED) is 0.854. The normalized spacial score (nSPS) is 33.8. The molecule has 0 aromatic rings. The summed E-state index contributed by atoms with van der Waals surface area (Å²) in [6.45, 7) is 4.59. The fourth-order valence-corrected chi connectivity index (χ4v) is 3.28. The lowest BCUT2D eigenvalue weighted by molar-refractivity contribution is -0.143. The molecule has 3 nitrogen and oxygen atoms in total. The van der Waals surface area contributed by atoms with Gasteiger partial charge in [0.05, 0.1) is 6.54 Å². The van der Waals surface area contributed by atoms with Crippen LogP contribution >= 0.6 is 0 Å². The molecule has 0 bridgehead atoms. The highest BCUT2D eigenvalue weighted by Crippen LogP contribution is 2.23. The Morgan fingerprint density at radius 3 is 2.60 bits per heavy atom. The van der Waals surface area contributed by atoms with Gasteiger partial charge >= 0.3 is 6.18 Å². The van der Waals surface area contributed by atoms with Crippen molar-refractivity contribution in [1.29, 1.82) is 0 Å². The maximum atomic E-state index is 12.3. The molecular formula is C14H26F3N3. The topological polar surface area (TPSA) is 18.5 Å². The van der Waals surface area contributed by atoms with Gasteiger partial charge in [0.25, 0.3) is 0 Å². The average Bonchev–Trinajstić information content (AvgIpc) is 2.76. The van der Waals surface area contributed by atoms with Crippen LogP contribution in [-0.2, 0) is 0 Å². The van der Waals surface area contributed by atoms with Gasteiger partial charge in [-0.15, -0.1) is 0 Å². The minimum atomic E-state index is -4.06. The zero-order valence-electron chi connectivity index (χ0n) is 12.4. The smallest absolute Gasteiger partial charge is 0.314 e. The van der Waals surface area contributed by atoms with E-state index in [1.807, 2.05) is 0 Å². The molecule has 3 unspecified atom stereocenters. The van der Waals surface area contributed by atoms with E-state index in [0.717, 1.165) is 32.4 Å². The number of alkyl halides is 3. The summed E-state index contributed by atoms with van der Waals surface area (Å²) in [5, 5.41) is 3.56. The minimum Gasteiger partial charge on any atom is -0.314 e. The van der Waals surface area contributed by atoms with E-state index >= 15 is 0 Å². The summed E-state index contributed by atoms with van der Waals surface area (Å²) in [5.41, 5.74) is 0. The number of nitrogens with zero attached hydrogens (tertiary/aromatic N) is 2. The lowest BCUT2D eigenvalue weighted by Gasteiger charge is -2.35. The van der Waals surface area contributed by atoms with Crippen LogP contribution in [-0.4, -0.2) is 67.8 Å². The van der Waals surface area contributed by atoms with Crippen molar-refractivity contribution in [2.45, 2.75) is 44.4 Å². The molecule has 0 aliphatic carbocycles. The monoisotopic (exact) mass is 293 g/mol. The van der Waals surface area contributed by atoms with Gasteiger partial charge in [-0.05, 0) is 58.8 Å². The number of nitrogens with one attached hydrogen (secondary N) is 1. The van der Waals surface area contributed by atoms with Crippen molar-refractivity contribution in [1.82, 2.24) is 15.1 Å². The van der Waals surface area contributed by atoms with Crippen molar-refractivity contribution < 1.29 is 13.2 Å². The maximum Gasteiger partial charge on any atom is 0.401 e. The third kappa shape index (κ3) is 4.90. The van der Waals surface area contributed by atoms with Gasteiger partial charge in [0.1, 0.15) is 0 Å². The lowest BCUT2D eigenvalue weighted by atomic mass is 9.98. The fourth-order valence-electron chi connectivity index (χ4n) is 3.28. The minimum absolute atomic E-state index is 0.368. The van der Waals surface area contributed by atoms with Crippen LogP contribution in [0.15, 0.2) is 0 Å². The van der Waals surface area contributed by atoms with Crippen molar-refractivity contribution in [2.24, 2.45) is 5.92 Å². The summed E-state index contributed by atoms with van der Waals surface area (Å²) >= 11 is 0. The summed E-state index contributed by atoms with van der Waals surface area (Å²) < 4.78 is 37.0. The van der Waals surface area contributed by atoms with Crippen LogP contribution in [0.2, 0.25) is 0 Å². The van der Waals surface area contributed by atoms with Gasteiger partial charge in [-0.2, -0.15) is 13.2 Å². The Kier molecular flexibility index (Phi) is 5.31. The Morgan fingerprint density at radius 1 is 1.20 bits per heavy atom. The Morgan fingerprint density at radius 2 is 1.95 bits per heavy atom. The van der Waals surface area contributed by atoms with Crippen molar-refractivity contribution >= 4 is 0 Å². The Hall–Kier alpha value is -0.330. The molecule has 6 heteroatoms. The molecule has 0 amide bonds. The van der Waals surface area contributed by atoms with Gasteiger partial charge in [0.15, 0.2) is 0 Å². The highest BCUT2D eigenvalue weighted by atomic mass is 19.4. The van der Waals surface area contributed by atoms with Crippen molar-refractivity contribution in [3.8, 4) is 0 Å². The van der Waals surface area contributed by atoms with E-state index in [9.17, 15) is 13.2 Å². The van der Waals surface area contributed by atoms with Crippen molar-refractivity contribution in [2.75, 3.05) is 39.8 Å². The van der Waals surface area contributed by atoms with E-state index in [2.05, 4.69) is 24.2 Å². The van der Waals surface area contributed by atoms with E-state index in [4.69, 9.17) is 0 Å². The molecule has 0 aromatic heterocycles. The number of halogens is 3. The van der Waals surface area contributed by atoms with Gasteiger partial charge < -0.3 is 10.2 Å². The molecule has 0 radical (unpaired) electrons. The first kappa shape index (κ1) is 16.0. The standard InChI is InChI=1S/C14H26F3N3/c1-11-7-13(4-5-19(11)2)18-8-12-3-6-20(9-12)10-14(15,16)17/h11-13,18H,3-10H2,1-2H3. The molecular weight excluding hydrogens is 267 g/mol. The first-order valence-electron chi connectivity index (χ1n) is 7.56. The van der Waals surface area contributed by atoms with Gasteiger partial charge in [-0.1, -0.05) is 0 Å². The zero-order chi connectivity index (χ0) is 14.8. The molecule has 2 rings (SSSR count). The van der Waals surface area contributed by atoms with Crippen LogP contribution in [0.25, 0.3) is 0 Å². The molecule has 20 heavy (non-hydrogen) atoms. The van der Waals surface area contributed by atoms with Gasteiger partial charge in [-0.25, -0.2) is 0 Å². The van der Waals surface area contributed by atoms with E-state index in [1.165, 1.54) is 4.90 Å².